The Labute approximate surface area is 282 Å². The van der Waals surface area contributed by atoms with Crippen LogP contribution in [0.15, 0.2) is 176 Å². The highest BCUT2D eigenvalue weighted by Crippen LogP contribution is 2.51. The third kappa shape index (κ3) is 4.47. The minimum Gasteiger partial charge on any atom is -0.310 e. The maximum absolute atomic E-state index is 2.45. The monoisotopic (exact) mass is 613 g/mol. The van der Waals surface area contributed by atoms with Crippen molar-refractivity contribution in [3.05, 3.63) is 187 Å². The van der Waals surface area contributed by atoms with Gasteiger partial charge in [-0.2, -0.15) is 0 Å². The summed E-state index contributed by atoms with van der Waals surface area (Å²) < 4.78 is 0. The van der Waals surface area contributed by atoms with Crippen LogP contribution in [0.5, 0.6) is 0 Å². The first kappa shape index (κ1) is 28.3. The Bertz CT molecular complexity index is 2470. The molecular weight excluding hydrogens is 579 g/mol. The fourth-order valence-corrected chi connectivity index (χ4v) is 7.87. The van der Waals surface area contributed by atoms with Crippen LogP contribution in [-0.4, -0.2) is 0 Å². The number of para-hydroxylation sites is 1. The number of hydrogen-bond acceptors (Lipinski definition) is 1. The lowest BCUT2D eigenvalue weighted by Gasteiger charge is -2.30. The first-order valence-electron chi connectivity index (χ1n) is 16.8. The average Bonchev–Trinajstić information content (AvgIpc) is 3.38. The van der Waals surface area contributed by atoms with Crippen molar-refractivity contribution >= 4 is 38.6 Å². The van der Waals surface area contributed by atoms with E-state index in [0.717, 1.165) is 17.1 Å². The molecule has 0 fully saturated rings. The number of benzene rings is 8. The lowest BCUT2D eigenvalue weighted by molar-refractivity contribution is 0.660. The number of anilines is 3. The molecule has 8 aromatic rings. The second-order valence-corrected chi connectivity index (χ2v) is 13.4. The number of nitrogens with zero attached hydrogens (tertiary/aromatic N) is 1. The van der Waals surface area contributed by atoms with E-state index in [1.165, 1.54) is 66.1 Å². The molecule has 8 aromatic carbocycles. The van der Waals surface area contributed by atoms with Gasteiger partial charge < -0.3 is 4.90 Å². The molecule has 0 spiro atoms. The van der Waals surface area contributed by atoms with Crippen molar-refractivity contribution in [2.45, 2.75) is 19.3 Å². The molecule has 0 saturated heterocycles. The smallest absolute Gasteiger partial charge is 0.0540 e. The summed E-state index contributed by atoms with van der Waals surface area (Å²) in [5.74, 6) is 0. The Morgan fingerprint density at radius 3 is 1.85 bits per heavy atom. The lowest BCUT2D eigenvalue weighted by Crippen LogP contribution is -2.16. The van der Waals surface area contributed by atoms with Gasteiger partial charge in [0.15, 0.2) is 0 Å². The summed E-state index contributed by atoms with van der Waals surface area (Å²) in [6.07, 6.45) is 0. The summed E-state index contributed by atoms with van der Waals surface area (Å²) >= 11 is 0. The van der Waals surface area contributed by atoms with E-state index in [4.69, 9.17) is 0 Å². The van der Waals surface area contributed by atoms with Crippen molar-refractivity contribution in [1.82, 2.24) is 0 Å². The molecule has 0 amide bonds. The summed E-state index contributed by atoms with van der Waals surface area (Å²) in [7, 11) is 0. The fraction of sp³-hybridized carbons (Fsp3) is 0.0638. The molecule has 0 heterocycles. The van der Waals surface area contributed by atoms with Gasteiger partial charge in [0.05, 0.1) is 5.69 Å². The summed E-state index contributed by atoms with van der Waals surface area (Å²) in [6.45, 7) is 4.71. The van der Waals surface area contributed by atoms with Gasteiger partial charge in [-0.1, -0.05) is 159 Å². The minimum atomic E-state index is -0.0984. The van der Waals surface area contributed by atoms with Gasteiger partial charge in [-0.05, 0) is 90.8 Å². The Kier molecular flexibility index (Phi) is 6.55. The molecule has 1 nitrogen and oxygen atoms in total. The van der Waals surface area contributed by atoms with Crippen LogP contribution in [0.3, 0.4) is 0 Å². The second kappa shape index (κ2) is 11.1. The van der Waals surface area contributed by atoms with E-state index in [1.807, 2.05) is 0 Å². The first-order valence-corrected chi connectivity index (χ1v) is 16.8. The normalized spacial score (nSPS) is 13.0. The molecule has 0 aliphatic heterocycles. The van der Waals surface area contributed by atoms with E-state index in [1.54, 1.807) is 0 Å². The van der Waals surface area contributed by atoms with Crippen LogP contribution in [0.4, 0.5) is 17.1 Å². The van der Waals surface area contributed by atoms with Crippen LogP contribution < -0.4 is 4.90 Å². The summed E-state index contributed by atoms with van der Waals surface area (Å²) in [5, 5.41) is 5.06. The maximum atomic E-state index is 2.45. The molecule has 0 aromatic heterocycles. The molecule has 1 heteroatoms. The Hall–Kier alpha value is -5.92. The number of hydrogen-bond donors (Lipinski definition) is 0. The standard InChI is InChI=1S/C47H35N/c1-47(2)43-21-10-8-18-39(43)40-30-29-37(31-44(40)47)48(36-27-25-33(26-28-36)32-13-4-3-5-14-32)45-22-11-9-19-41(45)42-20-12-16-35-24-23-34-15-6-7-17-38(34)46(35)42/h3-31H,1-2H3. The van der Waals surface area contributed by atoms with Crippen LogP contribution in [0.1, 0.15) is 25.0 Å². The van der Waals surface area contributed by atoms with E-state index in [9.17, 15) is 0 Å². The van der Waals surface area contributed by atoms with Gasteiger partial charge in [0.1, 0.15) is 0 Å². The molecule has 0 saturated carbocycles. The van der Waals surface area contributed by atoms with Crippen LogP contribution >= 0.6 is 0 Å². The predicted molar refractivity (Wildman–Crippen MR) is 205 cm³/mol. The van der Waals surface area contributed by atoms with Crippen molar-refractivity contribution < 1.29 is 0 Å². The molecule has 228 valence electrons. The first-order chi connectivity index (χ1) is 23.6. The largest absolute Gasteiger partial charge is 0.310 e. The highest BCUT2D eigenvalue weighted by molar-refractivity contribution is 6.15. The van der Waals surface area contributed by atoms with E-state index < -0.39 is 0 Å². The highest BCUT2D eigenvalue weighted by atomic mass is 15.1. The van der Waals surface area contributed by atoms with E-state index in [0.29, 0.717) is 0 Å². The Morgan fingerprint density at radius 1 is 0.396 bits per heavy atom. The molecule has 0 bridgehead atoms. The van der Waals surface area contributed by atoms with Gasteiger partial charge in [-0.3, -0.25) is 0 Å². The summed E-state index contributed by atoms with van der Waals surface area (Å²) in [5.41, 5.74) is 13.6. The third-order valence-electron chi connectivity index (χ3n) is 10.3. The third-order valence-corrected chi connectivity index (χ3v) is 10.3. The molecule has 0 atom stereocenters. The molecule has 0 radical (unpaired) electrons. The molecule has 48 heavy (non-hydrogen) atoms. The maximum Gasteiger partial charge on any atom is 0.0540 e. The van der Waals surface area contributed by atoms with E-state index >= 15 is 0 Å². The number of rotatable bonds is 5. The van der Waals surface area contributed by atoms with E-state index in [2.05, 4.69) is 195 Å². The van der Waals surface area contributed by atoms with Gasteiger partial charge in [0, 0.05) is 22.4 Å². The van der Waals surface area contributed by atoms with Gasteiger partial charge in [-0.25, -0.2) is 0 Å². The molecule has 0 N–H and O–H groups in total. The zero-order valence-electron chi connectivity index (χ0n) is 27.2. The summed E-state index contributed by atoms with van der Waals surface area (Å²) in [6, 6.07) is 64.4. The SMILES string of the molecule is CC1(C)c2ccccc2-c2ccc(N(c3ccc(-c4ccccc4)cc3)c3ccccc3-c3cccc4ccc5ccccc5c34)cc21. The van der Waals surface area contributed by atoms with Crippen LogP contribution in [0.25, 0.3) is 54.9 Å². The Balaban J connectivity index is 1.28. The topological polar surface area (TPSA) is 3.24 Å². The summed E-state index contributed by atoms with van der Waals surface area (Å²) in [4.78, 5) is 2.45. The van der Waals surface area contributed by atoms with Gasteiger partial charge in [-0.15, -0.1) is 0 Å². The molecule has 1 aliphatic carbocycles. The highest BCUT2D eigenvalue weighted by Gasteiger charge is 2.35. The second-order valence-electron chi connectivity index (χ2n) is 13.4. The van der Waals surface area contributed by atoms with E-state index in [-0.39, 0.29) is 5.41 Å². The molecule has 0 unspecified atom stereocenters. The Morgan fingerprint density at radius 2 is 1.00 bits per heavy atom. The van der Waals surface area contributed by atoms with Crippen LogP contribution in [0.2, 0.25) is 0 Å². The van der Waals surface area contributed by atoms with Gasteiger partial charge >= 0.3 is 0 Å². The van der Waals surface area contributed by atoms with Crippen molar-refractivity contribution in [1.29, 1.82) is 0 Å². The van der Waals surface area contributed by atoms with Crippen LogP contribution in [-0.2, 0) is 5.41 Å². The lowest BCUT2D eigenvalue weighted by atomic mass is 9.82. The quantitative estimate of drug-likeness (QED) is 0.175. The van der Waals surface area contributed by atoms with Crippen molar-refractivity contribution in [3.63, 3.8) is 0 Å². The minimum absolute atomic E-state index is 0.0984. The van der Waals surface area contributed by atoms with Gasteiger partial charge in [0.2, 0.25) is 0 Å². The molecule has 1 aliphatic rings. The zero-order valence-corrected chi connectivity index (χ0v) is 27.2. The molecule has 9 rings (SSSR count). The van der Waals surface area contributed by atoms with Crippen molar-refractivity contribution in [2.75, 3.05) is 4.90 Å². The van der Waals surface area contributed by atoms with Crippen molar-refractivity contribution in [3.8, 4) is 33.4 Å². The molecular formula is C47H35N. The van der Waals surface area contributed by atoms with Gasteiger partial charge in [0.25, 0.3) is 0 Å². The van der Waals surface area contributed by atoms with Crippen molar-refractivity contribution in [2.24, 2.45) is 0 Å². The fourth-order valence-electron chi connectivity index (χ4n) is 7.87. The predicted octanol–water partition coefficient (Wildman–Crippen LogP) is 13.1. The zero-order chi connectivity index (χ0) is 32.2. The number of fused-ring (bicyclic) bond motifs is 6. The van der Waals surface area contributed by atoms with Crippen LogP contribution in [0, 0.1) is 0 Å². The average molecular weight is 614 g/mol.